The van der Waals surface area contributed by atoms with E-state index >= 15 is 0 Å². The van der Waals surface area contributed by atoms with Crippen LogP contribution >= 0.6 is 23.4 Å². The Bertz CT molecular complexity index is 1260. The monoisotopic (exact) mass is 473 g/mol. The highest BCUT2D eigenvalue weighted by molar-refractivity contribution is 8.01. The van der Waals surface area contributed by atoms with Gasteiger partial charge in [0.25, 0.3) is 5.56 Å². The van der Waals surface area contributed by atoms with E-state index in [1.54, 1.807) is 0 Å². The van der Waals surface area contributed by atoms with Gasteiger partial charge in [-0.15, -0.1) is 11.8 Å². The molecule has 1 aliphatic rings. The van der Waals surface area contributed by atoms with Crippen LogP contribution in [0, 0.1) is 5.82 Å². The van der Waals surface area contributed by atoms with Gasteiger partial charge < -0.3 is 4.74 Å². The Balaban J connectivity index is 1.90. The summed E-state index contributed by atoms with van der Waals surface area (Å²) in [6.07, 6.45) is -5.56. The molecule has 1 unspecified atom stereocenters. The number of aromatic amines is 1. The maximum Gasteiger partial charge on any atom is 0.417 e. The quantitative estimate of drug-likeness (QED) is 0.457. The second-order valence-electron chi connectivity index (χ2n) is 6.48. The van der Waals surface area contributed by atoms with E-state index in [1.165, 1.54) is 24.3 Å². The van der Waals surface area contributed by atoms with Crippen LogP contribution in [-0.2, 0) is 12.7 Å². The van der Waals surface area contributed by atoms with Gasteiger partial charge in [-0.25, -0.2) is 9.18 Å². The van der Waals surface area contributed by atoms with E-state index in [0.29, 0.717) is 11.8 Å². The predicted molar refractivity (Wildman–Crippen MR) is 105 cm³/mol. The standard InChI is InChI=1S/C18H10ClF4N2O3SSi/c19-12-10(18(21,22)23)5-9-13-14(12)29-16(30)11(6-25(13)17(27)24-15(9)26)28-8-3-1-7(20)2-4-8/h1-5,11,16H,6H2,(H,24,26,27)/t11-,16?/m0/s1. The first-order valence-electron chi connectivity index (χ1n) is 8.43. The third-order valence-electron chi connectivity index (χ3n) is 4.53. The minimum Gasteiger partial charge on any atom is -0.488 e. The van der Waals surface area contributed by atoms with E-state index in [-0.39, 0.29) is 22.3 Å². The van der Waals surface area contributed by atoms with Crippen molar-refractivity contribution >= 4 is 44.5 Å². The zero-order chi connectivity index (χ0) is 21.8. The van der Waals surface area contributed by atoms with Crippen molar-refractivity contribution in [3.63, 3.8) is 0 Å². The minimum atomic E-state index is -4.80. The first-order valence-corrected chi connectivity index (χ1v) is 10.3. The molecule has 3 aromatic rings. The Kier molecular flexibility index (Phi) is 5.23. The van der Waals surface area contributed by atoms with Gasteiger partial charge in [-0.3, -0.25) is 14.3 Å². The van der Waals surface area contributed by atoms with Gasteiger partial charge in [-0.2, -0.15) is 13.2 Å². The number of nitrogens with one attached hydrogen (secondary N) is 1. The van der Waals surface area contributed by atoms with Gasteiger partial charge in [0.15, 0.2) is 0 Å². The first-order chi connectivity index (χ1) is 14.1. The number of H-pyrrole nitrogens is 1. The van der Waals surface area contributed by atoms with E-state index in [1.807, 2.05) is 4.98 Å². The third kappa shape index (κ3) is 3.65. The molecule has 0 fully saturated rings. The highest BCUT2D eigenvalue weighted by Crippen LogP contribution is 2.45. The molecule has 0 aliphatic carbocycles. The summed E-state index contributed by atoms with van der Waals surface area (Å²) in [5, 5.41) is -0.917. The van der Waals surface area contributed by atoms with Crippen LogP contribution in [0.5, 0.6) is 5.75 Å². The molecule has 2 atom stereocenters. The van der Waals surface area contributed by atoms with Crippen LogP contribution in [0.4, 0.5) is 17.6 Å². The molecule has 0 saturated heterocycles. The maximum absolute atomic E-state index is 13.5. The smallest absolute Gasteiger partial charge is 0.417 e. The number of alkyl halides is 3. The summed E-state index contributed by atoms with van der Waals surface area (Å²) in [5.74, 6) is -0.169. The lowest BCUT2D eigenvalue weighted by Gasteiger charge is -2.23. The molecule has 4 rings (SSSR count). The molecule has 0 amide bonds. The van der Waals surface area contributed by atoms with Gasteiger partial charge in [-0.1, -0.05) is 11.6 Å². The molecule has 5 nitrogen and oxygen atoms in total. The highest BCUT2D eigenvalue weighted by atomic mass is 35.5. The second kappa shape index (κ2) is 7.47. The van der Waals surface area contributed by atoms with Crippen molar-refractivity contribution in [2.45, 2.75) is 28.6 Å². The number of benzene rings is 2. The molecule has 1 aromatic heterocycles. The van der Waals surface area contributed by atoms with Gasteiger partial charge in [0.2, 0.25) is 0 Å². The number of ether oxygens (including phenoxy) is 1. The zero-order valence-corrected chi connectivity index (χ0v) is 17.3. The van der Waals surface area contributed by atoms with Crippen molar-refractivity contribution in [1.29, 1.82) is 0 Å². The Morgan fingerprint density at radius 1 is 1.23 bits per heavy atom. The molecule has 0 spiro atoms. The average molecular weight is 474 g/mol. The van der Waals surface area contributed by atoms with Gasteiger partial charge in [0, 0.05) is 15.1 Å². The van der Waals surface area contributed by atoms with Crippen LogP contribution in [0.1, 0.15) is 5.56 Å². The summed E-state index contributed by atoms with van der Waals surface area (Å²) in [4.78, 5) is 26.1. The molecule has 2 heterocycles. The number of hydrogen-bond acceptors (Lipinski definition) is 4. The summed E-state index contributed by atoms with van der Waals surface area (Å²) in [5.41, 5.74) is -2.93. The lowest BCUT2D eigenvalue weighted by molar-refractivity contribution is -0.137. The first kappa shape index (κ1) is 21.0. The summed E-state index contributed by atoms with van der Waals surface area (Å²) in [6, 6.07) is 5.79. The van der Waals surface area contributed by atoms with Crippen molar-refractivity contribution < 1.29 is 22.3 Å². The molecule has 30 heavy (non-hydrogen) atoms. The van der Waals surface area contributed by atoms with Crippen LogP contribution in [-0.4, -0.2) is 30.8 Å². The third-order valence-corrected chi connectivity index (χ3v) is 6.95. The second-order valence-corrected chi connectivity index (χ2v) is 9.05. The lowest BCUT2D eigenvalue weighted by atomic mass is 10.1. The normalized spacial score (nSPS) is 19.0. The number of nitrogens with zero attached hydrogens (tertiary/aromatic N) is 1. The number of halogens is 5. The molecule has 0 bridgehead atoms. The summed E-state index contributed by atoms with van der Waals surface area (Å²) in [6.45, 7) is -0.0979. The van der Waals surface area contributed by atoms with Crippen LogP contribution in [0.3, 0.4) is 0 Å². The Hall–Kier alpha value is -2.24. The fourth-order valence-corrected chi connectivity index (χ4v) is 5.16. The van der Waals surface area contributed by atoms with E-state index in [9.17, 15) is 27.2 Å². The predicted octanol–water partition coefficient (Wildman–Crippen LogP) is 3.55. The SMILES string of the molecule is O=c1[nH]c(=O)n2c3c(c(Cl)c(C(F)(F)F)cc13)SC([Si])[C@@H](Oc1ccc(F)cc1)C2. The van der Waals surface area contributed by atoms with Gasteiger partial charge in [0.05, 0.1) is 32.9 Å². The number of rotatable bonds is 2. The van der Waals surface area contributed by atoms with Crippen LogP contribution in [0.15, 0.2) is 44.8 Å². The molecule has 3 radical (unpaired) electrons. The Morgan fingerprint density at radius 3 is 2.53 bits per heavy atom. The summed E-state index contributed by atoms with van der Waals surface area (Å²) >= 11 is 6.97. The molecule has 0 saturated carbocycles. The van der Waals surface area contributed by atoms with Crippen molar-refractivity contribution in [3.05, 3.63) is 67.6 Å². The van der Waals surface area contributed by atoms with E-state index in [0.717, 1.165) is 16.3 Å². The van der Waals surface area contributed by atoms with Crippen molar-refractivity contribution in [2.24, 2.45) is 0 Å². The van der Waals surface area contributed by atoms with Gasteiger partial charge >= 0.3 is 11.9 Å². The van der Waals surface area contributed by atoms with Crippen LogP contribution < -0.4 is 16.0 Å². The molecular formula is C18H10ClF4N2O3SSi. The molecule has 2 aromatic carbocycles. The lowest BCUT2D eigenvalue weighted by Crippen LogP contribution is -2.38. The average Bonchev–Trinajstić information content (AvgIpc) is 2.80. The highest BCUT2D eigenvalue weighted by Gasteiger charge is 2.38. The molecule has 1 aliphatic heterocycles. The topological polar surface area (TPSA) is 64.1 Å². The van der Waals surface area contributed by atoms with E-state index in [4.69, 9.17) is 16.3 Å². The molecular weight excluding hydrogens is 464 g/mol. The van der Waals surface area contributed by atoms with Crippen LogP contribution in [0.25, 0.3) is 10.9 Å². The fraction of sp³-hybridized carbons (Fsp3) is 0.222. The number of aromatic nitrogens is 2. The summed E-state index contributed by atoms with van der Waals surface area (Å²) < 4.78 is 60.5. The van der Waals surface area contributed by atoms with Gasteiger partial charge in [-0.05, 0) is 30.3 Å². The Morgan fingerprint density at radius 2 is 1.90 bits per heavy atom. The van der Waals surface area contributed by atoms with Crippen molar-refractivity contribution in [1.82, 2.24) is 9.55 Å². The molecule has 155 valence electrons. The molecule has 1 N–H and O–H groups in total. The fourth-order valence-electron chi connectivity index (χ4n) is 3.15. The number of thioether (sulfide) groups is 1. The molecule has 12 heteroatoms. The van der Waals surface area contributed by atoms with Crippen molar-refractivity contribution in [2.75, 3.05) is 0 Å². The Labute approximate surface area is 178 Å². The maximum atomic E-state index is 13.5. The van der Waals surface area contributed by atoms with Crippen molar-refractivity contribution in [3.8, 4) is 5.75 Å². The van der Waals surface area contributed by atoms with Gasteiger partial charge in [0.1, 0.15) is 17.7 Å². The number of hydrogen-bond donors (Lipinski definition) is 1. The van der Waals surface area contributed by atoms with E-state index < -0.39 is 44.8 Å². The van der Waals surface area contributed by atoms with E-state index in [2.05, 4.69) is 10.2 Å². The minimum absolute atomic E-state index is 0.000191. The zero-order valence-electron chi connectivity index (χ0n) is 14.7. The summed E-state index contributed by atoms with van der Waals surface area (Å²) in [7, 11) is 3.43. The largest absolute Gasteiger partial charge is 0.488 e. The van der Waals surface area contributed by atoms with Crippen LogP contribution in [0.2, 0.25) is 5.02 Å².